The highest BCUT2D eigenvalue weighted by Gasteiger charge is 2.07. The summed E-state index contributed by atoms with van der Waals surface area (Å²) in [5.74, 6) is 1.36. The molecule has 0 bridgehead atoms. The van der Waals surface area contributed by atoms with Crippen LogP contribution >= 0.6 is 11.6 Å². The van der Waals surface area contributed by atoms with Gasteiger partial charge in [0.05, 0.1) is 7.11 Å². The highest BCUT2D eigenvalue weighted by molar-refractivity contribution is 6.25. The number of benzene rings is 1. The van der Waals surface area contributed by atoms with E-state index in [0.717, 1.165) is 5.56 Å². The van der Waals surface area contributed by atoms with Crippen molar-refractivity contribution in [1.82, 2.24) is 0 Å². The van der Waals surface area contributed by atoms with Gasteiger partial charge in [0.25, 0.3) is 0 Å². The van der Waals surface area contributed by atoms with E-state index in [9.17, 15) is 0 Å². The van der Waals surface area contributed by atoms with Crippen molar-refractivity contribution in [2.24, 2.45) is 5.73 Å². The van der Waals surface area contributed by atoms with E-state index in [0.29, 0.717) is 18.1 Å². The zero-order valence-electron chi connectivity index (χ0n) is 9.44. The molecule has 1 aromatic carbocycles. The van der Waals surface area contributed by atoms with Crippen LogP contribution in [-0.4, -0.2) is 13.7 Å². The standard InChI is InChI=1S/C12H16ClNO2/c1-9(14)10-4-5-11(12(8-10)15-2)16-7-3-6-13/h3-6,8-9H,7,14H2,1-2H3/t9-/m1/s1. The fourth-order valence-electron chi connectivity index (χ4n) is 1.26. The molecule has 0 saturated heterocycles. The second-order valence-electron chi connectivity index (χ2n) is 3.37. The Morgan fingerprint density at radius 2 is 2.19 bits per heavy atom. The van der Waals surface area contributed by atoms with Gasteiger partial charge < -0.3 is 15.2 Å². The second-order valence-corrected chi connectivity index (χ2v) is 3.62. The molecule has 88 valence electrons. The molecule has 0 unspecified atom stereocenters. The Kier molecular flexibility index (Phi) is 5.15. The Bertz CT molecular complexity index is 364. The molecular weight excluding hydrogens is 226 g/mol. The van der Waals surface area contributed by atoms with Gasteiger partial charge in [0, 0.05) is 11.6 Å². The molecule has 0 amide bonds. The molecule has 1 atom stereocenters. The van der Waals surface area contributed by atoms with Crippen LogP contribution in [0.5, 0.6) is 11.5 Å². The van der Waals surface area contributed by atoms with E-state index >= 15 is 0 Å². The van der Waals surface area contributed by atoms with Crippen LogP contribution < -0.4 is 15.2 Å². The minimum Gasteiger partial charge on any atom is -0.493 e. The largest absolute Gasteiger partial charge is 0.493 e. The summed E-state index contributed by atoms with van der Waals surface area (Å²) >= 11 is 5.40. The number of halogens is 1. The van der Waals surface area contributed by atoms with Gasteiger partial charge >= 0.3 is 0 Å². The summed E-state index contributed by atoms with van der Waals surface area (Å²) in [5.41, 5.74) is 8.21. The van der Waals surface area contributed by atoms with Gasteiger partial charge in [-0.2, -0.15) is 0 Å². The minimum absolute atomic E-state index is 0.0225. The SMILES string of the molecule is COc1cc([C@@H](C)N)ccc1OCC=CCl. The van der Waals surface area contributed by atoms with Gasteiger partial charge in [-0.3, -0.25) is 0 Å². The van der Waals surface area contributed by atoms with Crippen LogP contribution in [0.3, 0.4) is 0 Å². The molecule has 3 nitrogen and oxygen atoms in total. The average Bonchev–Trinajstić information content (AvgIpc) is 2.29. The predicted octanol–water partition coefficient (Wildman–Crippen LogP) is 2.85. The molecule has 0 aliphatic rings. The van der Waals surface area contributed by atoms with Gasteiger partial charge in [0.15, 0.2) is 11.5 Å². The Hall–Kier alpha value is -1.19. The highest BCUT2D eigenvalue weighted by Crippen LogP contribution is 2.29. The Labute approximate surface area is 101 Å². The lowest BCUT2D eigenvalue weighted by Crippen LogP contribution is -2.05. The van der Waals surface area contributed by atoms with Crippen molar-refractivity contribution in [2.75, 3.05) is 13.7 Å². The lowest BCUT2D eigenvalue weighted by Gasteiger charge is -2.12. The number of ether oxygens (including phenoxy) is 2. The molecule has 0 heterocycles. The van der Waals surface area contributed by atoms with E-state index in [1.165, 1.54) is 5.54 Å². The topological polar surface area (TPSA) is 44.5 Å². The summed E-state index contributed by atoms with van der Waals surface area (Å²) in [6, 6.07) is 5.63. The molecule has 2 N–H and O–H groups in total. The maximum absolute atomic E-state index is 5.78. The maximum atomic E-state index is 5.78. The number of hydrogen-bond donors (Lipinski definition) is 1. The highest BCUT2D eigenvalue weighted by atomic mass is 35.5. The van der Waals surface area contributed by atoms with Crippen molar-refractivity contribution in [1.29, 1.82) is 0 Å². The molecule has 0 fully saturated rings. The summed E-state index contributed by atoms with van der Waals surface area (Å²) in [7, 11) is 1.60. The monoisotopic (exact) mass is 241 g/mol. The molecule has 0 spiro atoms. The molecule has 0 saturated carbocycles. The lowest BCUT2D eigenvalue weighted by molar-refractivity contribution is 0.326. The number of hydrogen-bond acceptors (Lipinski definition) is 3. The number of nitrogens with two attached hydrogens (primary N) is 1. The zero-order valence-corrected chi connectivity index (χ0v) is 10.2. The molecule has 0 aromatic heterocycles. The smallest absolute Gasteiger partial charge is 0.161 e. The zero-order chi connectivity index (χ0) is 12.0. The predicted molar refractivity (Wildman–Crippen MR) is 66.1 cm³/mol. The fourth-order valence-corrected chi connectivity index (χ4v) is 1.33. The van der Waals surface area contributed by atoms with Crippen LogP contribution in [-0.2, 0) is 0 Å². The Morgan fingerprint density at radius 3 is 2.75 bits per heavy atom. The van der Waals surface area contributed by atoms with Crippen LogP contribution in [0.1, 0.15) is 18.5 Å². The fraction of sp³-hybridized carbons (Fsp3) is 0.333. The van der Waals surface area contributed by atoms with Crippen molar-refractivity contribution in [3.05, 3.63) is 35.4 Å². The van der Waals surface area contributed by atoms with Crippen molar-refractivity contribution < 1.29 is 9.47 Å². The van der Waals surface area contributed by atoms with Gasteiger partial charge in [0.2, 0.25) is 0 Å². The van der Waals surface area contributed by atoms with E-state index < -0.39 is 0 Å². The molecule has 1 aromatic rings. The summed E-state index contributed by atoms with van der Waals surface area (Å²) in [4.78, 5) is 0. The first kappa shape index (κ1) is 12.9. The first-order valence-corrected chi connectivity index (χ1v) is 5.44. The number of methoxy groups -OCH3 is 1. The quantitative estimate of drug-likeness (QED) is 0.862. The van der Waals surface area contributed by atoms with Crippen LogP contribution in [0.15, 0.2) is 29.8 Å². The molecular formula is C12H16ClNO2. The maximum Gasteiger partial charge on any atom is 0.161 e. The first-order chi connectivity index (χ1) is 7.69. The lowest BCUT2D eigenvalue weighted by atomic mass is 10.1. The van der Waals surface area contributed by atoms with E-state index in [2.05, 4.69) is 0 Å². The molecule has 0 aliphatic carbocycles. The minimum atomic E-state index is -0.0225. The molecule has 1 rings (SSSR count). The first-order valence-electron chi connectivity index (χ1n) is 5.00. The van der Waals surface area contributed by atoms with Gasteiger partial charge in [-0.1, -0.05) is 17.7 Å². The van der Waals surface area contributed by atoms with E-state index in [-0.39, 0.29) is 6.04 Å². The summed E-state index contributed by atoms with van der Waals surface area (Å²) in [6.45, 7) is 2.34. The van der Waals surface area contributed by atoms with E-state index in [1.807, 2.05) is 25.1 Å². The third-order valence-electron chi connectivity index (χ3n) is 2.14. The third kappa shape index (κ3) is 3.43. The van der Waals surface area contributed by atoms with E-state index in [4.69, 9.17) is 26.8 Å². The van der Waals surface area contributed by atoms with Crippen molar-refractivity contribution in [3.63, 3.8) is 0 Å². The van der Waals surface area contributed by atoms with Crippen molar-refractivity contribution >= 4 is 11.6 Å². The Morgan fingerprint density at radius 1 is 1.44 bits per heavy atom. The van der Waals surface area contributed by atoms with Gasteiger partial charge in [0.1, 0.15) is 6.61 Å². The normalized spacial score (nSPS) is 12.8. The van der Waals surface area contributed by atoms with Crippen LogP contribution in [0.4, 0.5) is 0 Å². The number of rotatable bonds is 5. The second kappa shape index (κ2) is 6.40. The molecule has 0 aliphatic heterocycles. The van der Waals surface area contributed by atoms with Crippen LogP contribution in [0.2, 0.25) is 0 Å². The van der Waals surface area contributed by atoms with Crippen molar-refractivity contribution in [3.8, 4) is 11.5 Å². The van der Waals surface area contributed by atoms with Gasteiger partial charge in [-0.05, 0) is 30.7 Å². The summed E-state index contributed by atoms with van der Waals surface area (Å²) in [5, 5.41) is 0. The van der Waals surface area contributed by atoms with Crippen molar-refractivity contribution in [2.45, 2.75) is 13.0 Å². The average molecular weight is 242 g/mol. The van der Waals surface area contributed by atoms with Crippen LogP contribution in [0, 0.1) is 0 Å². The third-order valence-corrected chi connectivity index (χ3v) is 2.32. The molecule has 16 heavy (non-hydrogen) atoms. The summed E-state index contributed by atoms with van der Waals surface area (Å²) < 4.78 is 10.7. The van der Waals surface area contributed by atoms with E-state index in [1.54, 1.807) is 13.2 Å². The summed E-state index contributed by atoms with van der Waals surface area (Å²) in [6.07, 6.45) is 1.71. The molecule has 4 heteroatoms. The Balaban J connectivity index is 2.84. The van der Waals surface area contributed by atoms with Gasteiger partial charge in [-0.25, -0.2) is 0 Å². The van der Waals surface area contributed by atoms with Gasteiger partial charge in [-0.15, -0.1) is 0 Å². The van der Waals surface area contributed by atoms with Crippen LogP contribution in [0.25, 0.3) is 0 Å². The molecule has 0 radical (unpaired) electrons.